The van der Waals surface area contributed by atoms with E-state index < -0.39 is 6.04 Å². The lowest BCUT2D eigenvalue weighted by Gasteiger charge is -2.36. The molecule has 0 spiro atoms. The number of carbonyl (C=O) groups excluding carboxylic acids is 3. The van der Waals surface area contributed by atoms with Gasteiger partial charge in [0.2, 0.25) is 11.8 Å². The Hall–Kier alpha value is -2.00. The van der Waals surface area contributed by atoms with Crippen molar-refractivity contribution in [2.45, 2.75) is 31.3 Å². The van der Waals surface area contributed by atoms with Gasteiger partial charge in [0, 0.05) is 32.2 Å². The first-order chi connectivity index (χ1) is 13.6. The predicted molar refractivity (Wildman–Crippen MR) is 107 cm³/mol. The fraction of sp³-hybridized carbons (Fsp3) is 0.632. The molecule has 1 aromatic rings. The van der Waals surface area contributed by atoms with Crippen LogP contribution in [0.5, 0.6) is 0 Å². The van der Waals surface area contributed by atoms with E-state index in [9.17, 15) is 14.4 Å². The Kier molecular flexibility index (Phi) is 7.38. The van der Waals surface area contributed by atoms with Crippen molar-refractivity contribution in [1.29, 1.82) is 0 Å². The van der Waals surface area contributed by atoms with Gasteiger partial charge in [0.05, 0.1) is 12.8 Å². The highest BCUT2D eigenvalue weighted by molar-refractivity contribution is 7.98. The molecule has 154 valence electrons. The Morgan fingerprint density at radius 3 is 2.61 bits per heavy atom. The van der Waals surface area contributed by atoms with E-state index in [0.29, 0.717) is 45.2 Å². The van der Waals surface area contributed by atoms with Crippen molar-refractivity contribution in [1.82, 2.24) is 20.4 Å². The molecule has 9 heteroatoms. The Morgan fingerprint density at radius 2 is 2.00 bits per heavy atom. The molecule has 2 N–H and O–H groups in total. The van der Waals surface area contributed by atoms with Gasteiger partial charge in [-0.3, -0.25) is 19.3 Å². The van der Waals surface area contributed by atoms with Crippen molar-refractivity contribution in [3.05, 3.63) is 24.2 Å². The number of furan rings is 1. The van der Waals surface area contributed by atoms with E-state index in [1.54, 1.807) is 28.8 Å². The van der Waals surface area contributed by atoms with E-state index >= 15 is 0 Å². The summed E-state index contributed by atoms with van der Waals surface area (Å²) in [6.45, 7) is 2.81. The van der Waals surface area contributed by atoms with Gasteiger partial charge in [0.1, 0.15) is 6.04 Å². The van der Waals surface area contributed by atoms with Crippen molar-refractivity contribution in [3.63, 3.8) is 0 Å². The first kappa shape index (κ1) is 20.7. The number of thioether (sulfide) groups is 1. The number of nitrogens with one attached hydrogen (secondary N) is 2. The van der Waals surface area contributed by atoms with E-state index in [4.69, 9.17) is 4.42 Å². The average molecular weight is 409 g/mol. The van der Waals surface area contributed by atoms with Gasteiger partial charge in [-0.15, -0.1) is 0 Å². The molecule has 0 aromatic carbocycles. The quantitative estimate of drug-likeness (QED) is 0.620. The summed E-state index contributed by atoms with van der Waals surface area (Å²) >= 11 is 1.64. The molecule has 3 rings (SSSR count). The second-order valence-electron chi connectivity index (χ2n) is 7.23. The molecule has 1 aliphatic heterocycles. The fourth-order valence-corrected chi connectivity index (χ4v) is 3.65. The van der Waals surface area contributed by atoms with Crippen LogP contribution in [-0.2, 0) is 9.59 Å². The molecule has 1 aromatic heterocycles. The zero-order chi connectivity index (χ0) is 19.9. The summed E-state index contributed by atoms with van der Waals surface area (Å²) in [7, 11) is 0. The van der Waals surface area contributed by atoms with Gasteiger partial charge in [0.25, 0.3) is 5.91 Å². The van der Waals surface area contributed by atoms with E-state index in [0.717, 1.165) is 18.6 Å². The highest BCUT2D eigenvalue weighted by Gasteiger charge is 2.30. The van der Waals surface area contributed by atoms with Gasteiger partial charge in [-0.25, -0.2) is 0 Å². The molecule has 0 radical (unpaired) electrons. The van der Waals surface area contributed by atoms with Crippen LogP contribution in [0.2, 0.25) is 0 Å². The Labute approximate surface area is 169 Å². The molecular weight excluding hydrogens is 380 g/mol. The summed E-state index contributed by atoms with van der Waals surface area (Å²) in [5.41, 5.74) is 0. The summed E-state index contributed by atoms with van der Waals surface area (Å²) in [5.74, 6) is 0.589. The number of nitrogens with zero attached hydrogens (tertiary/aromatic N) is 2. The molecule has 1 unspecified atom stereocenters. The number of amides is 3. The van der Waals surface area contributed by atoms with Gasteiger partial charge < -0.3 is 20.0 Å². The van der Waals surface area contributed by atoms with Gasteiger partial charge in [-0.2, -0.15) is 11.8 Å². The summed E-state index contributed by atoms with van der Waals surface area (Å²) in [5, 5.41) is 5.80. The predicted octanol–water partition coefficient (Wildman–Crippen LogP) is 0.554. The zero-order valence-electron chi connectivity index (χ0n) is 16.2. The molecule has 28 heavy (non-hydrogen) atoms. The number of hydrogen-bond acceptors (Lipinski definition) is 6. The third-order valence-corrected chi connectivity index (χ3v) is 5.60. The number of rotatable bonds is 9. The molecule has 3 amide bonds. The van der Waals surface area contributed by atoms with Crippen molar-refractivity contribution in [3.8, 4) is 0 Å². The summed E-state index contributed by atoms with van der Waals surface area (Å²) < 4.78 is 5.12. The third-order valence-electron chi connectivity index (χ3n) is 4.95. The third kappa shape index (κ3) is 6.00. The lowest BCUT2D eigenvalue weighted by Crippen LogP contribution is -2.56. The van der Waals surface area contributed by atoms with Crippen LogP contribution in [0.3, 0.4) is 0 Å². The maximum Gasteiger partial charge on any atom is 0.287 e. The average Bonchev–Trinajstić information content (AvgIpc) is 3.32. The van der Waals surface area contributed by atoms with Crippen molar-refractivity contribution in [2.24, 2.45) is 0 Å². The largest absolute Gasteiger partial charge is 0.459 e. The number of piperazine rings is 1. The van der Waals surface area contributed by atoms with Gasteiger partial charge in [-0.05, 0) is 43.4 Å². The molecule has 2 heterocycles. The highest BCUT2D eigenvalue weighted by atomic mass is 32.2. The minimum absolute atomic E-state index is 0.0610. The molecule has 1 saturated heterocycles. The van der Waals surface area contributed by atoms with E-state index in [-0.39, 0.29) is 23.5 Å². The van der Waals surface area contributed by atoms with Crippen LogP contribution in [0, 0.1) is 0 Å². The fourth-order valence-electron chi connectivity index (χ4n) is 3.18. The molecule has 1 atom stereocenters. The Bertz CT molecular complexity index is 669. The minimum atomic E-state index is -0.574. The second kappa shape index (κ2) is 9.97. The molecule has 2 fully saturated rings. The monoisotopic (exact) mass is 408 g/mol. The maximum atomic E-state index is 13.0. The number of carbonyl (C=O) groups is 3. The first-order valence-corrected chi connectivity index (χ1v) is 11.1. The Morgan fingerprint density at radius 1 is 1.25 bits per heavy atom. The first-order valence-electron chi connectivity index (χ1n) is 9.70. The van der Waals surface area contributed by atoms with E-state index in [1.807, 2.05) is 6.26 Å². The SMILES string of the molecule is CSCCC(NC(=O)c1ccco1)C(=O)N1CCN(CC(=O)NC2CC2)CC1. The van der Waals surface area contributed by atoms with Crippen LogP contribution in [0.15, 0.2) is 22.8 Å². The zero-order valence-corrected chi connectivity index (χ0v) is 17.0. The van der Waals surface area contributed by atoms with Gasteiger partial charge >= 0.3 is 0 Å². The van der Waals surface area contributed by atoms with Crippen LogP contribution in [0.4, 0.5) is 0 Å². The van der Waals surface area contributed by atoms with Gasteiger partial charge in [0.15, 0.2) is 5.76 Å². The molecule has 0 bridgehead atoms. The smallest absolute Gasteiger partial charge is 0.287 e. The molecule has 1 aliphatic carbocycles. The van der Waals surface area contributed by atoms with Crippen LogP contribution >= 0.6 is 11.8 Å². The standard InChI is InChI=1S/C19H28N4O4S/c1-28-12-6-15(21-18(25)16-3-2-11-27-16)19(26)23-9-7-22(8-10-23)13-17(24)20-14-4-5-14/h2-3,11,14-15H,4-10,12-13H2,1H3,(H,20,24)(H,21,25). The summed E-state index contributed by atoms with van der Waals surface area (Å²) in [6.07, 6.45) is 6.13. The molecule has 2 aliphatic rings. The van der Waals surface area contributed by atoms with Crippen molar-refractivity contribution in [2.75, 3.05) is 44.7 Å². The molecule has 1 saturated carbocycles. The highest BCUT2D eigenvalue weighted by Crippen LogP contribution is 2.18. The van der Waals surface area contributed by atoms with Crippen molar-refractivity contribution < 1.29 is 18.8 Å². The van der Waals surface area contributed by atoms with E-state index in [1.165, 1.54) is 6.26 Å². The maximum absolute atomic E-state index is 13.0. The van der Waals surface area contributed by atoms with Gasteiger partial charge in [-0.1, -0.05) is 0 Å². The normalized spacial score (nSPS) is 18.5. The molecule has 8 nitrogen and oxygen atoms in total. The Balaban J connectivity index is 1.49. The minimum Gasteiger partial charge on any atom is -0.459 e. The lowest BCUT2D eigenvalue weighted by atomic mass is 10.1. The topological polar surface area (TPSA) is 94.9 Å². The summed E-state index contributed by atoms with van der Waals surface area (Å²) in [4.78, 5) is 41.1. The van der Waals surface area contributed by atoms with Crippen LogP contribution in [0.25, 0.3) is 0 Å². The van der Waals surface area contributed by atoms with E-state index in [2.05, 4.69) is 15.5 Å². The van der Waals surface area contributed by atoms with Crippen LogP contribution < -0.4 is 10.6 Å². The summed E-state index contributed by atoms with van der Waals surface area (Å²) in [6, 6.07) is 3.02. The van der Waals surface area contributed by atoms with Crippen LogP contribution in [0.1, 0.15) is 29.8 Å². The van der Waals surface area contributed by atoms with Crippen molar-refractivity contribution >= 4 is 29.5 Å². The van der Waals surface area contributed by atoms with Crippen LogP contribution in [-0.4, -0.2) is 84.3 Å². The number of hydrogen-bond donors (Lipinski definition) is 2. The lowest BCUT2D eigenvalue weighted by molar-refractivity contribution is -0.135. The molecular formula is C19H28N4O4S. The second-order valence-corrected chi connectivity index (χ2v) is 8.21.